The van der Waals surface area contributed by atoms with Crippen LogP contribution in [0.1, 0.15) is 34.2 Å². The second-order valence-corrected chi connectivity index (χ2v) is 10.3. The van der Waals surface area contributed by atoms with Gasteiger partial charge in [0.2, 0.25) is 5.95 Å². The summed E-state index contributed by atoms with van der Waals surface area (Å²) < 4.78 is 75.9. The number of hydrogen-bond donors (Lipinski definition) is 2. The Labute approximate surface area is 214 Å². The third-order valence-electron chi connectivity index (χ3n) is 5.04. The van der Waals surface area contributed by atoms with E-state index in [1.807, 2.05) is 0 Å². The molecule has 0 aliphatic rings. The topological polar surface area (TPSA) is 144 Å². The zero-order valence-corrected chi connectivity index (χ0v) is 21.1. The van der Waals surface area contributed by atoms with E-state index in [1.54, 1.807) is 0 Å². The highest BCUT2D eigenvalue weighted by atomic mass is 32.2. The van der Waals surface area contributed by atoms with Crippen LogP contribution >= 0.6 is 0 Å². The van der Waals surface area contributed by atoms with Crippen LogP contribution in [0, 0.1) is 19.8 Å². The Balaban J connectivity index is 2.05. The van der Waals surface area contributed by atoms with Crippen molar-refractivity contribution >= 4 is 27.2 Å². The van der Waals surface area contributed by atoms with Crippen molar-refractivity contribution in [2.45, 2.75) is 37.9 Å². The van der Waals surface area contributed by atoms with Crippen LogP contribution in [-0.4, -0.2) is 48.7 Å². The minimum Gasteiger partial charge on any atom is -0.435 e. The van der Waals surface area contributed by atoms with Crippen LogP contribution in [0.5, 0.6) is 11.6 Å². The van der Waals surface area contributed by atoms with Crippen molar-refractivity contribution in [2.75, 3.05) is 11.6 Å². The van der Waals surface area contributed by atoms with Gasteiger partial charge >= 0.3 is 6.18 Å². The zero-order valence-electron chi connectivity index (χ0n) is 20.3. The molecule has 2 atom stereocenters. The quantitative estimate of drug-likeness (QED) is 0.342. The zero-order chi connectivity index (χ0) is 28.4. The van der Waals surface area contributed by atoms with Crippen LogP contribution in [0.15, 0.2) is 45.7 Å². The van der Waals surface area contributed by atoms with Gasteiger partial charge in [-0.2, -0.15) is 21.9 Å². The minimum atomic E-state index is -4.94. The first-order valence-corrected chi connectivity index (χ1v) is 12.6. The number of aromatic nitrogens is 3. The van der Waals surface area contributed by atoms with Crippen LogP contribution in [0.25, 0.3) is 0 Å². The summed E-state index contributed by atoms with van der Waals surface area (Å²) in [5, 5.41) is 18.3. The van der Waals surface area contributed by atoms with Crippen molar-refractivity contribution in [3.05, 3.63) is 64.9 Å². The number of anilines is 1. The molecule has 2 N–H and O–H groups in total. The van der Waals surface area contributed by atoms with Gasteiger partial charge in [-0.05, 0) is 56.7 Å². The molecule has 0 radical (unpaired) electrons. The van der Waals surface area contributed by atoms with Crippen LogP contribution in [0.3, 0.4) is 0 Å². The standard InChI is InChI=1S/C23H21F4N5O5S/c1-11-18(21(35)29-14-6-5-7-15(10-14)38(4,36)32-20(34)13(3)33)22(31-30-19(11)23(25,26)27)37-16-8-9-17(24)28-12(16)2/h5-10,13,33H,1-4H3,(H,29,35)/t13-,38-/m1/s1. The number of alkyl halides is 3. The lowest BCUT2D eigenvalue weighted by atomic mass is 10.1. The number of pyridine rings is 1. The average molecular weight is 556 g/mol. The van der Waals surface area contributed by atoms with E-state index in [0.717, 1.165) is 32.2 Å². The fraction of sp³-hybridized carbons (Fsp3) is 0.261. The molecule has 2 amide bonds. The summed E-state index contributed by atoms with van der Waals surface area (Å²) in [5.41, 5.74) is -2.60. The molecule has 2 aromatic heterocycles. The van der Waals surface area contributed by atoms with Gasteiger partial charge in [-0.15, -0.1) is 10.2 Å². The van der Waals surface area contributed by atoms with Crippen molar-refractivity contribution in [1.82, 2.24) is 15.2 Å². The fourth-order valence-electron chi connectivity index (χ4n) is 3.14. The fourth-order valence-corrected chi connectivity index (χ4v) is 4.42. The van der Waals surface area contributed by atoms with E-state index in [9.17, 15) is 36.5 Å². The summed E-state index contributed by atoms with van der Waals surface area (Å²) in [7, 11) is -3.34. The van der Waals surface area contributed by atoms with E-state index < -0.39 is 62.5 Å². The van der Waals surface area contributed by atoms with Gasteiger partial charge in [-0.25, -0.2) is 9.19 Å². The minimum absolute atomic E-state index is 0.00267. The Morgan fingerprint density at radius 1 is 1.16 bits per heavy atom. The highest BCUT2D eigenvalue weighted by Gasteiger charge is 2.38. The molecule has 0 bridgehead atoms. The third kappa shape index (κ3) is 6.47. The molecule has 202 valence electrons. The van der Waals surface area contributed by atoms with Gasteiger partial charge in [-0.3, -0.25) is 9.59 Å². The van der Waals surface area contributed by atoms with Gasteiger partial charge in [0.25, 0.3) is 17.7 Å². The first kappa shape index (κ1) is 28.6. The van der Waals surface area contributed by atoms with Crippen LogP contribution in [0.2, 0.25) is 0 Å². The van der Waals surface area contributed by atoms with Gasteiger partial charge < -0.3 is 15.2 Å². The predicted octanol–water partition coefficient (Wildman–Crippen LogP) is 4.06. The number of nitrogens with one attached hydrogen (secondary N) is 1. The number of halogens is 4. The molecule has 1 aromatic carbocycles. The molecule has 0 saturated carbocycles. The SMILES string of the molecule is Cc1nc(F)ccc1Oc1nnc(C(F)(F)F)c(C)c1C(=O)Nc1cccc([S@@](C)(=O)=NC(=O)[C@@H](C)O)c1. The van der Waals surface area contributed by atoms with Gasteiger partial charge in [-0.1, -0.05) is 6.07 Å². The molecule has 0 aliphatic carbocycles. The molecule has 3 aromatic rings. The molecule has 0 aliphatic heterocycles. The lowest BCUT2D eigenvalue weighted by Crippen LogP contribution is -2.21. The number of benzene rings is 1. The lowest BCUT2D eigenvalue weighted by Gasteiger charge is -2.16. The monoisotopic (exact) mass is 555 g/mol. The Bertz CT molecular complexity index is 1540. The molecular weight excluding hydrogens is 534 g/mol. The van der Waals surface area contributed by atoms with E-state index in [-0.39, 0.29) is 22.0 Å². The van der Waals surface area contributed by atoms with E-state index >= 15 is 0 Å². The number of amides is 2. The summed E-state index contributed by atoms with van der Waals surface area (Å²) in [4.78, 5) is 28.5. The molecule has 15 heteroatoms. The molecule has 38 heavy (non-hydrogen) atoms. The number of hydrogen-bond acceptors (Lipinski definition) is 8. The van der Waals surface area contributed by atoms with Crippen molar-refractivity contribution in [2.24, 2.45) is 4.36 Å². The second kappa shape index (κ2) is 10.8. The molecular formula is C23H21F4N5O5S. The third-order valence-corrected chi connectivity index (χ3v) is 6.70. The van der Waals surface area contributed by atoms with E-state index in [2.05, 4.69) is 24.9 Å². The molecule has 0 unspecified atom stereocenters. The molecule has 3 rings (SSSR count). The number of aryl methyl sites for hydroxylation is 1. The van der Waals surface area contributed by atoms with Gasteiger partial charge in [0.15, 0.2) is 11.4 Å². The number of aliphatic hydroxyl groups excluding tert-OH is 1. The molecule has 0 fully saturated rings. The molecule has 0 spiro atoms. The van der Waals surface area contributed by atoms with Crippen LogP contribution in [0.4, 0.5) is 23.2 Å². The summed E-state index contributed by atoms with van der Waals surface area (Å²) in [6.07, 6.45) is -5.28. The van der Waals surface area contributed by atoms with Gasteiger partial charge in [0.05, 0.1) is 15.4 Å². The Kier molecular flexibility index (Phi) is 8.12. The maximum Gasteiger partial charge on any atom is 0.435 e. The summed E-state index contributed by atoms with van der Waals surface area (Å²) in [6.45, 7) is 3.54. The number of carbonyl (C=O) groups excluding carboxylic acids is 2. The molecule has 2 heterocycles. The number of rotatable bonds is 6. The second-order valence-electron chi connectivity index (χ2n) is 8.06. The Hall–Kier alpha value is -3.98. The van der Waals surface area contributed by atoms with Crippen molar-refractivity contribution in [3.63, 3.8) is 0 Å². The number of ether oxygens (including phenoxy) is 1. The van der Waals surface area contributed by atoms with E-state index in [1.165, 1.54) is 31.2 Å². The lowest BCUT2D eigenvalue weighted by molar-refractivity contribution is -0.142. The largest absolute Gasteiger partial charge is 0.435 e. The number of carbonyl (C=O) groups is 2. The van der Waals surface area contributed by atoms with Gasteiger partial charge in [0, 0.05) is 16.8 Å². The number of aliphatic hydroxyl groups is 1. The van der Waals surface area contributed by atoms with Crippen LogP contribution < -0.4 is 10.1 Å². The first-order chi connectivity index (χ1) is 17.6. The Morgan fingerprint density at radius 3 is 2.45 bits per heavy atom. The highest BCUT2D eigenvalue weighted by molar-refractivity contribution is 7.93. The normalized spacial score (nSPS) is 13.8. The van der Waals surface area contributed by atoms with Crippen LogP contribution in [-0.2, 0) is 20.7 Å². The Morgan fingerprint density at radius 2 is 1.84 bits per heavy atom. The van der Waals surface area contributed by atoms with E-state index in [0.29, 0.717) is 0 Å². The molecule has 0 saturated heterocycles. The smallest absolute Gasteiger partial charge is 0.435 e. The summed E-state index contributed by atoms with van der Waals surface area (Å²) in [5.74, 6) is -3.60. The number of nitrogens with zero attached hydrogens (tertiary/aromatic N) is 4. The highest BCUT2D eigenvalue weighted by Crippen LogP contribution is 2.35. The average Bonchev–Trinajstić information content (AvgIpc) is 2.80. The van der Waals surface area contributed by atoms with Gasteiger partial charge in [0.1, 0.15) is 11.7 Å². The van der Waals surface area contributed by atoms with E-state index in [4.69, 9.17) is 4.74 Å². The maximum absolute atomic E-state index is 13.5. The van der Waals surface area contributed by atoms with Crippen molar-refractivity contribution in [1.29, 1.82) is 0 Å². The summed E-state index contributed by atoms with van der Waals surface area (Å²) >= 11 is 0. The maximum atomic E-state index is 13.5. The predicted molar refractivity (Wildman–Crippen MR) is 127 cm³/mol. The summed E-state index contributed by atoms with van der Waals surface area (Å²) in [6, 6.07) is 7.41. The van der Waals surface area contributed by atoms with Crippen molar-refractivity contribution in [3.8, 4) is 11.6 Å². The van der Waals surface area contributed by atoms with Crippen molar-refractivity contribution < 1.29 is 41.2 Å². The molecule has 10 nitrogen and oxygen atoms in total. The first-order valence-electron chi connectivity index (χ1n) is 10.7.